The summed E-state index contributed by atoms with van der Waals surface area (Å²) < 4.78 is 6.33. The van der Waals surface area contributed by atoms with E-state index in [0.717, 1.165) is 44.6 Å². The Bertz CT molecular complexity index is 3120. The number of nitrogens with zero attached hydrogens (tertiary/aromatic N) is 1. The highest BCUT2D eigenvalue weighted by Gasteiger charge is 2.35. The average Bonchev–Trinajstić information content (AvgIpc) is 3.71. The van der Waals surface area contributed by atoms with Crippen molar-refractivity contribution in [2.75, 3.05) is 4.90 Å². The van der Waals surface area contributed by atoms with Gasteiger partial charge in [-0.1, -0.05) is 153 Å². The second-order valence-electron chi connectivity index (χ2n) is 15.3. The summed E-state index contributed by atoms with van der Waals surface area (Å²) in [6.07, 6.45) is 0. The summed E-state index contributed by atoms with van der Waals surface area (Å²) in [6.45, 7) is 4.69. The van der Waals surface area contributed by atoms with Gasteiger partial charge in [0, 0.05) is 33.1 Å². The van der Waals surface area contributed by atoms with Crippen LogP contribution in [-0.4, -0.2) is 0 Å². The SMILES string of the molecule is CC1(C)c2ccccc2-c2cc(N(c3ccc(-c4cccc5cc6c(cc45)oc4ccccc46)cc3)c3ccccc3-c3cccc4ccccc34)ccc21. The van der Waals surface area contributed by atoms with Crippen molar-refractivity contribution in [1.82, 2.24) is 0 Å². The van der Waals surface area contributed by atoms with E-state index in [-0.39, 0.29) is 5.41 Å². The standard InChI is InChI=1S/C53H37NO/c1-53(2)48-22-8-5-17-42(48)46-32-38(29-30-49(46)53)54(50-23-9-6-18-43(50)41-21-11-14-34-13-3-4-16-39(34)41)37-27-25-35(26-28-37)40-20-12-15-36-31-47-44-19-7-10-24-51(44)55-52(47)33-45(36)40/h3-33H,1-2H3. The normalized spacial score (nSPS) is 13.1. The minimum Gasteiger partial charge on any atom is -0.456 e. The first-order valence-corrected chi connectivity index (χ1v) is 19.1. The fraction of sp³-hybridized carbons (Fsp3) is 0.0566. The molecule has 55 heavy (non-hydrogen) atoms. The molecule has 1 aromatic heterocycles. The van der Waals surface area contributed by atoms with Crippen LogP contribution in [-0.2, 0) is 5.41 Å². The van der Waals surface area contributed by atoms with E-state index in [2.05, 4.69) is 195 Å². The first-order chi connectivity index (χ1) is 27.0. The molecule has 1 aliphatic rings. The summed E-state index contributed by atoms with van der Waals surface area (Å²) in [7, 11) is 0. The number of hydrogen-bond donors (Lipinski definition) is 0. The third-order valence-electron chi connectivity index (χ3n) is 11.9. The zero-order valence-corrected chi connectivity index (χ0v) is 30.8. The van der Waals surface area contributed by atoms with Gasteiger partial charge in [0.25, 0.3) is 0 Å². The smallest absolute Gasteiger partial charge is 0.136 e. The predicted octanol–water partition coefficient (Wildman–Crippen LogP) is 15.0. The Balaban J connectivity index is 1.09. The van der Waals surface area contributed by atoms with Crippen LogP contribution in [0.4, 0.5) is 17.1 Å². The Labute approximate surface area is 320 Å². The van der Waals surface area contributed by atoms with Gasteiger partial charge in [-0.15, -0.1) is 0 Å². The maximum Gasteiger partial charge on any atom is 0.136 e. The van der Waals surface area contributed by atoms with Gasteiger partial charge in [0.1, 0.15) is 11.2 Å². The van der Waals surface area contributed by atoms with Crippen LogP contribution in [0.25, 0.3) is 76.9 Å². The second kappa shape index (κ2) is 12.1. The van der Waals surface area contributed by atoms with E-state index in [1.165, 1.54) is 60.5 Å². The van der Waals surface area contributed by atoms with Crippen molar-refractivity contribution < 1.29 is 4.42 Å². The van der Waals surface area contributed by atoms with Crippen LogP contribution in [0, 0.1) is 0 Å². The van der Waals surface area contributed by atoms with Crippen LogP contribution in [0.1, 0.15) is 25.0 Å². The summed E-state index contributed by atoms with van der Waals surface area (Å²) in [5.74, 6) is 0. The molecule has 10 aromatic rings. The van der Waals surface area contributed by atoms with Gasteiger partial charge in [-0.3, -0.25) is 0 Å². The Morgan fingerprint density at radius 1 is 0.382 bits per heavy atom. The molecule has 0 spiro atoms. The molecule has 260 valence electrons. The maximum absolute atomic E-state index is 6.33. The predicted molar refractivity (Wildman–Crippen MR) is 232 cm³/mol. The van der Waals surface area contributed by atoms with Crippen LogP contribution in [0.15, 0.2) is 192 Å². The minimum atomic E-state index is -0.0653. The van der Waals surface area contributed by atoms with E-state index in [1.54, 1.807) is 0 Å². The zero-order chi connectivity index (χ0) is 36.7. The minimum absolute atomic E-state index is 0.0653. The molecule has 0 N–H and O–H groups in total. The molecule has 0 aliphatic heterocycles. The lowest BCUT2D eigenvalue weighted by atomic mass is 9.82. The highest BCUT2D eigenvalue weighted by Crippen LogP contribution is 2.51. The lowest BCUT2D eigenvalue weighted by Crippen LogP contribution is -2.15. The van der Waals surface area contributed by atoms with Crippen molar-refractivity contribution >= 4 is 60.5 Å². The van der Waals surface area contributed by atoms with E-state index in [4.69, 9.17) is 4.42 Å². The zero-order valence-electron chi connectivity index (χ0n) is 30.8. The Kier molecular flexibility index (Phi) is 6.93. The van der Waals surface area contributed by atoms with Gasteiger partial charge >= 0.3 is 0 Å². The van der Waals surface area contributed by atoms with Crippen LogP contribution < -0.4 is 4.90 Å². The van der Waals surface area contributed by atoms with Crippen molar-refractivity contribution in [1.29, 1.82) is 0 Å². The largest absolute Gasteiger partial charge is 0.456 e. The summed E-state index contributed by atoms with van der Waals surface area (Å²) in [5, 5.41) is 7.16. The summed E-state index contributed by atoms with van der Waals surface area (Å²) >= 11 is 0. The van der Waals surface area contributed by atoms with E-state index >= 15 is 0 Å². The van der Waals surface area contributed by atoms with E-state index < -0.39 is 0 Å². The Morgan fingerprint density at radius 2 is 1.02 bits per heavy atom. The van der Waals surface area contributed by atoms with Crippen molar-refractivity contribution in [3.05, 3.63) is 199 Å². The van der Waals surface area contributed by atoms with Crippen LogP contribution in [0.2, 0.25) is 0 Å². The summed E-state index contributed by atoms with van der Waals surface area (Å²) in [5.41, 5.74) is 15.2. The molecule has 0 radical (unpaired) electrons. The van der Waals surface area contributed by atoms with Crippen LogP contribution in [0.5, 0.6) is 0 Å². The van der Waals surface area contributed by atoms with E-state index in [1.807, 2.05) is 12.1 Å². The molecule has 0 amide bonds. The number of fused-ring (bicyclic) bond motifs is 8. The molecule has 0 unspecified atom stereocenters. The van der Waals surface area contributed by atoms with Gasteiger partial charge in [0.2, 0.25) is 0 Å². The molecular weight excluding hydrogens is 667 g/mol. The third kappa shape index (κ3) is 4.88. The van der Waals surface area contributed by atoms with Crippen molar-refractivity contribution in [2.45, 2.75) is 19.3 Å². The molecule has 1 aliphatic carbocycles. The first kappa shape index (κ1) is 31.6. The fourth-order valence-electron chi connectivity index (χ4n) is 9.17. The number of rotatable bonds is 5. The topological polar surface area (TPSA) is 16.4 Å². The van der Waals surface area contributed by atoms with Gasteiger partial charge in [0.15, 0.2) is 0 Å². The monoisotopic (exact) mass is 703 g/mol. The van der Waals surface area contributed by atoms with E-state index in [0.29, 0.717) is 0 Å². The molecule has 0 atom stereocenters. The number of para-hydroxylation sites is 2. The molecule has 0 saturated heterocycles. The molecule has 1 heterocycles. The van der Waals surface area contributed by atoms with Crippen LogP contribution >= 0.6 is 0 Å². The lowest BCUT2D eigenvalue weighted by molar-refractivity contribution is 0.660. The molecule has 0 saturated carbocycles. The van der Waals surface area contributed by atoms with Crippen molar-refractivity contribution in [3.8, 4) is 33.4 Å². The van der Waals surface area contributed by atoms with Crippen LogP contribution in [0.3, 0.4) is 0 Å². The maximum atomic E-state index is 6.33. The quantitative estimate of drug-likeness (QED) is 0.177. The lowest BCUT2D eigenvalue weighted by Gasteiger charge is -2.29. The average molecular weight is 704 g/mol. The molecule has 11 rings (SSSR count). The van der Waals surface area contributed by atoms with Gasteiger partial charge in [-0.05, 0) is 109 Å². The van der Waals surface area contributed by atoms with Gasteiger partial charge in [-0.2, -0.15) is 0 Å². The molecule has 9 aromatic carbocycles. The number of hydrogen-bond acceptors (Lipinski definition) is 2. The molecule has 0 bridgehead atoms. The Morgan fingerprint density at radius 3 is 1.89 bits per heavy atom. The third-order valence-corrected chi connectivity index (χ3v) is 11.9. The highest BCUT2D eigenvalue weighted by molar-refractivity contribution is 6.12. The van der Waals surface area contributed by atoms with Gasteiger partial charge in [-0.25, -0.2) is 0 Å². The highest BCUT2D eigenvalue weighted by atomic mass is 16.3. The summed E-state index contributed by atoms with van der Waals surface area (Å²) in [6, 6.07) is 68.6. The molecular formula is C53H37NO. The first-order valence-electron chi connectivity index (χ1n) is 19.1. The summed E-state index contributed by atoms with van der Waals surface area (Å²) in [4.78, 5) is 2.44. The Hall–Kier alpha value is -6.90. The van der Waals surface area contributed by atoms with E-state index in [9.17, 15) is 0 Å². The number of furan rings is 1. The molecule has 2 heteroatoms. The van der Waals surface area contributed by atoms with Crippen molar-refractivity contribution in [3.63, 3.8) is 0 Å². The van der Waals surface area contributed by atoms with Crippen molar-refractivity contribution in [2.24, 2.45) is 0 Å². The fourth-order valence-corrected chi connectivity index (χ4v) is 9.17. The second-order valence-corrected chi connectivity index (χ2v) is 15.3. The number of benzene rings is 9. The van der Waals surface area contributed by atoms with Gasteiger partial charge < -0.3 is 9.32 Å². The van der Waals surface area contributed by atoms with Gasteiger partial charge in [0.05, 0.1) is 5.69 Å². The molecule has 2 nitrogen and oxygen atoms in total. The molecule has 0 fully saturated rings. The number of anilines is 3.